The molecule has 0 unspecified atom stereocenters. The zero-order valence-corrected chi connectivity index (χ0v) is 14.9. The van der Waals surface area contributed by atoms with Gasteiger partial charge in [-0.15, -0.1) is 0 Å². The number of ether oxygens (including phenoxy) is 1. The molecule has 4 nitrogen and oxygen atoms in total. The SMILES string of the molecule is COc1ccc(OS(=O)(=O)CF)c(-c2ccccc2)c1-c1ccccc1. The number of hydrogen-bond donors (Lipinski definition) is 0. The average Bonchev–Trinajstić information content (AvgIpc) is 2.68. The Hall–Kier alpha value is -2.86. The second-order valence-corrected chi connectivity index (χ2v) is 7.00. The van der Waals surface area contributed by atoms with E-state index < -0.39 is 16.1 Å². The second kappa shape index (κ2) is 7.58. The molecule has 0 bridgehead atoms. The molecule has 0 aliphatic rings. The van der Waals surface area contributed by atoms with E-state index in [1.165, 1.54) is 13.2 Å². The number of halogens is 1. The highest BCUT2D eigenvalue weighted by atomic mass is 32.2. The zero-order chi connectivity index (χ0) is 18.6. The molecular formula is C20H17FO4S. The summed E-state index contributed by atoms with van der Waals surface area (Å²) in [5, 5.41) is 0. The van der Waals surface area contributed by atoms with Crippen molar-refractivity contribution in [3.05, 3.63) is 72.8 Å². The van der Waals surface area contributed by atoms with Crippen LogP contribution >= 0.6 is 0 Å². The van der Waals surface area contributed by atoms with E-state index in [0.29, 0.717) is 16.9 Å². The zero-order valence-electron chi connectivity index (χ0n) is 14.1. The highest BCUT2D eigenvalue weighted by Crippen LogP contribution is 2.45. The molecule has 3 aromatic carbocycles. The van der Waals surface area contributed by atoms with E-state index in [-0.39, 0.29) is 5.75 Å². The third-order valence-electron chi connectivity index (χ3n) is 3.82. The minimum Gasteiger partial charge on any atom is -0.496 e. The van der Waals surface area contributed by atoms with Gasteiger partial charge in [0.2, 0.25) is 6.01 Å². The van der Waals surface area contributed by atoms with Gasteiger partial charge in [0.15, 0.2) is 5.75 Å². The molecule has 0 N–H and O–H groups in total. The van der Waals surface area contributed by atoms with E-state index in [0.717, 1.165) is 11.1 Å². The third kappa shape index (κ3) is 3.70. The maximum atomic E-state index is 12.8. The van der Waals surface area contributed by atoms with Gasteiger partial charge in [0.25, 0.3) is 0 Å². The molecule has 3 rings (SSSR count). The summed E-state index contributed by atoms with van der Waals surface area (Å²) in [6, 6.07) is 20.0. The molecule has 0 saturated heterocycles. The van der Waals surface area contributed by atoms with Gasteiger partial charge in [0, 0.05) is 11.1 Å². The topological polar surface area (TPSA) is 52.6 Å². The van der Waals surface area contributed by atoms with Gasteiger partial charge < -0.3 is 8.92 Å². The van der Waals surface area contributed by atoms with Gasteiger partial charge in [-0.2, -0.15) is 8.42 Å². The Kier molecular flexibility index (Phi) is 5.23. The van der Waals surface area contributed by atoms with Crippen molar-refractivity contribution in [2.75, 3.05) is 13.1 Å². The number of rotatable bonds is 6. The summed E-state index contributed by atoms with van der Waals surface area (Å²) in [5.74, 6) is 0.605. The summed E-state index contributed by atoms with van der Waals surface area (Å²) in [7, 11) is -2.79. The van der Waals surface area contributed by atoms with Crippen molar-refractivity contribution >= 4 is 10.1 Å². The first-order valence-electron chi connectivity index (χ1n) is 7.85. The molecule has 26 heavy (non-hydrogen) atoms. The van der Waals surface area contributed by atoms with Crippen LogP contribution in [0.3, 0.4) is 0 Å². The number of alkyl halides is 1. The summed E-state index contributed by atoms with van der Waals surface area (Å²) in [4.78, 5) is 0. The van der Waals surface area contributed by atoms with Crippen LogP contribution in [-0.2, 0) is 10.1 Å². The van der Waals surface area contributed by atoms with Crippen LogP contribution in [0.4, 0.5) is 4.39 Å². The largest absolute Gasteiger partial charge is 0.496 e. The lowest BCUT2D eigenvalue weighted by molar-refractivity contribution is 0.415. The second-order valence-electron chi connectivity index (χ2n) is 5.50. The smallest absolute Gasteiger partial charge is 0.339 e. The predicted molar refractivity (Wildman–Crippen MR) is 99.4 cm³/mol. The molecular weight excluding hydrogens is 355 g/mol. The molecule has 0 aliphatic carbocycles. The van der Waals surface area contributed by atoms with Crippen LogP contribution in [0.25, 0.3) is 22.3 Å². The molecule has 134 valence electrons. The Balaban J connectivity index is 2.34. The fraction of sp³-hybridized carbons (Fsp3) is 0.100. The van der Waals surface area contributed by atoms with Crippen LogP contribution < -0.4 is 8.92 Å². The Morgan fingerprint density at radius 2 is 1.23 bits per heavy atom. The highest BCUT2D eigenvalue weighted by molar-refractivity contribution is 7.86. The van der Waals surface area contributed by atoms with Crippen LogP contribution in [0.15, 0.2) is 72.8 Å². The van der Waals surface area contributed by atoms with Gasteiger partial charge in [-0.25, -0.2) is 4.39 Å². The molecule has 3 aromatic rings. The monoisotopic (exact) mass is 372 g/mol. The molecule has 0 amide bonds. The van der Waals surface area contributed by atoms with Crippen molar-refractivity contribution in [2.45, 2.75) is 0 Å². The van der Waals surface area contributed by atoms with Crippen LogP contribution in [0.2, 0.25) is 0 Å². The van der Waals surface area contributed by atoms with E-state index >= 15 is 0 Å². The average molecular weight is 372 g/mol. The first kappa shape index (κ1) is 17.9. The molecule has 0 atom stereocenters. The van der Waals surface area contributed by atoms with E-state index in [9.17, 15) is 12.8 Å². The minimum absolute atomic E-state index is 0.0495. The third-order valence-corrected chi connectivity index (χ3v) is 4.52. The maximum absolute atomic E-state index is 12.8. The predicted octanol–water partition coefficient (Wildman–Crippen LogP) is 4.66. The molecule has 0 aromatic heterocycles. The summed E-state index contributed by atoms with van der Waals surface area (Å²) in [5.41, 5.74) is 2.75. The molecule has 6 heteroatoms. The number of hydrogen-bond acceptors (Lipinski definition) is 4. The Labute approximate surface area is 152 Å². The molecule has 0 saturated carbocycles. The van der Waals surface area contributed by atoms with Crippen molar-refractivity contribution < 1.29 is 21.7 Å². The number of methoxy groups -OCH3 is 1. The van der Waals surface area contributed by atoms with Crippen molar-refractivity contribution in [2.24, 2.45) is 0 Å². The lowest BCUT2D eigenvalue weighted by Gasteiger charge is -2.18. The Bertz CT molecular complexity index is 987. The molecule has 0 radical (unpaired) electrons. The molecule has 0 heterocycles. The maximum Gasteiger partial charge on any atom is 0.339 e. The van der Waals surface area contributed by atoms with Gasteiger partial charge in [-0.3, -0.25) is 0 Å². The van der Waals surface area contributed by atoms with Gasteiger partial charge in [0.1, 0.15) is 5.75 Å². The van der Waals surface area contributed by atoms with Crippen LogP contribution in [0, 0.1) is 0 Å². The summed E-state index contributed by atoms with van der Waals surface area (Å²) in [6.45, 7) is 0. The molecule has 0 fully saturated rings. The number of benzene rings is 3. The van der Waals surface area contributed by atoms with E-state index in [2.05, 4.69) is 0 Å². The van der Waals surface area contributed by atoms with Crippen molar-refractivity contribution in [3.63, 3.8) is 0 Å². The Morgan fingerprint density at radius 1 is 0.769 bits per heavy atom. The minimum atomic E-state index is -4.33. The summed E-state index contributed by atoms with van der Waals surface area (Å²) < 4.78 is 46.8. The fourth-order valence-corrected chi connectivity index (χ4v) is 3.20. The normalized spacial score (nSPS) is 11.2. The van der Waals surface area contributed by atoms with E-state index in [1.807, 2.05) is 60.7 Å². The van der Waals surface area contributed by atoms with Crippen molar-refractivity contribution in [3.8, 4) is 33.8 Å². The van der Waals surface area contributed by atoms with Gasteiger partial charge in [0.05, 0.1) is 7.11 Å². The molecule has 0 aliphatic heterocycles. The highest BCUT2D eigenvalue weighted by Gasteiger charge is 2.22. The lowest BCUT2D eigenvalue weighted by Crippen LogP contribution is -2.11. The first-order valence-corrected chi connectivity index (χ1v) is 9.43. The first-order chi connectivity index (χ1) is 12.6. The van der Waals surface area contributed by atoms with Crippen molar-refractivity contribution in [1.29, 1.82) is 0 Å². The van der Waals surface area contributed by atoms with Crippen LogP contribution in [0.5, 0.6) is 11.5 Å². The van der Waals surface area contributed by atoms with Crippen molar-refractivity contribution in [1.82, 2.24) is 0 Å². The van der Waals surface area contributed by atoms with E-state index in [1.54, 1.807) is 6.07 Å². The van der Waals surface area contributed by atoms with E-state index in [4.69, 9.17) is 8.92 Å². The fourth-order valence-electron chi connectivity index (χ4n) is 2.75. The van der Waals surface area contributed by atoms with Gasteiger partial charge >= 0.3 is 10.1 Å². The van der Waals surface area contributed by atoms with Crippen LogP contribution in [0.1, 0.15) is 0 Å². The summed E-state index contributed by atoms with van der Waals surface area (Å²) in [6.07, 6.45) is 0. The Morgan fingerprint density at radius 3 is 1.69 bits per heavy atom. The van der Waals surface area contributed by atoms with Gasteiger partial charge in [-0.05, 0) is 23.3 Å². The molecule has 0 spiro atoms. The lowest BCUT2D eigenvalue weighted by atomic mass is 9.93. The quantitative estimate of drug-likeness (QED) is 0.590. The standard InChI is InChI=1S/C20H17FO4S/c1-24-17-12-13-18(25-26(22,23)14-21)20(16-10-6-3-7-11-16)19(17)15-8-4-2-5-9-15/h2-13H,14H2,1H3. The van der Waals surface area contributed by atoms with Gasteiger partial charge in [-0.1, -0.05) is 60.7 Å². The van der Waals surface area contributed by atoms with Crippen LogP contribution in [-0.4, -0.2) is 21.5 Å². The summed E-state index contributed by atoms with van der Waals surface area (Å²) >= 11 is 0.